The highest BCUT2D eigenvalue weighted by Gasteiger charge is 2.37. The molecule has 0 saturated carbocycles. The van der Waals surface area contributed by atoms with Crippen molar-refractivity contribution in [3.63, 3.8) is 0 Å². The predicted molar refractivity (Wildman–Crippen MR) is 218 cm³/mol. The van der Waals surface area contributed by atoms with E-state index in [1.807, 2.05) is 85.8 Å². The summed E-state index contributed by atoms with van der Waals surface area (Å²) in [7, 11) is 0. The number of amides is 2. The Labute approximate surface area is 332 Å². The molecule has 2 bridgehead atoms. The van der Waals surface area contributed by atoms with E-state index >= 15 is 0 Å². The number of phenolic OH excluding ortho intramolecular Hbond substituents is 1. The smallest absolute Gasteiger partial charge is 0.408 e. The number of fused-ring (bicyclic) bond motifs is 4. The number of aliphatic hydroxyl groups is 1. The van der Waals surface area contributed by atoms with Gasteiger partial charge in [-0.2, -0.15) is 0 Å². The Morgan fingerprint density at radius 1 is 0.947 bits per heavy atom. The molecule has 3 atom stereocenters. The van der Waals surface area contributed by atoms with E-state index in [9.17, 15) is 24.6 Å². The number of hydrogen-bond acceptors (Lipinski definition) is 9. The number of benzene rings is 4. The minimum Gasteiger partial charge on any atom is -0.506 e. The zero-order valence-electron chi connectivity index (χ0n) is 32.2. The fourth-order valence-corrected chi connectivity index (χ4v) is 7.91. The first-order valence-electron chi connectivity index (χ1n) is 19.8. The van der Waals surface area contributed by atoms with Crippen molar-refractivity contribution in [3.8, 4) is 11.5 Å². The average Bonchev–Trinajstić information content (AvgIpc) is 3.24. The molecular weight excluding hydrogens is 723 g/mol. The number of alkyl carbamates (subject to hydrolysis) is 1. The third kappa shape index (κ3) is 9.83. The van der Waals surface area contributed by atoms with Gasteiger partial charge in [-0.05, 0) is 110 Å². The first-order valence-corrected chi connectivity index (χ1v) is 19.8. The van der Waals surface area contributed by atoms with Gasteiger partial charge in [-0.25, -0.2) is 4.79 Å². The zero-order valence-corrected chi connectivity index (χ0v) is 32.2. The molecule has 5 N–H and O–H groups in total. The Morgan fingerprint density at radius 3 is 2.46 bits per heavy atom. The van der Waals surface area contributed by atoms with Crippen LogP contribution in [0.5, 0.6) is 11.5 Å². The van der Waals surface area contributed by atoms with Crippen LogP contribution in [0.15, 0.2) is 108 Å². The van der Waals surface area contributed by atoms with Gasteiger partial charge in [-0.3, -0.25) is 14.5 Å². The number of phenols is 1. The summed E-state index contributed by atoms with van der Waals surface area (Å²) in [5, 5.41) is 27.9. The summed E-state index contributed by atoms with van der Waals surface area (Å²) in [4.78, 5) is 45.1. The summed E-state index contributed by atoms with van der Waals surface area (Å²) in [5.74, 6) is 0.965. The number of H-pyrrole nitrogens is 1. The van der Waals surface area contributed by atoms with Crippen molar-refractivity contribution >= 4 is 22.9 Å². The number of nitrogens with one attached hydrogen (secondary N) is 3. The molecule has 1 aromatic heterocycles. The number of carbonyl (C=O) groups is 2. The Kier molecular flexibility index (Phi) is 12.8. The molecule has 298 valence electrons. The SMILES string of the molecule is CCN(CCCNC[C@@H](O)c1ccc(O)c2[nH]c(=O)ccc12)C(=O)c1ccc(COc2cccc(C(NC(=O)O[C@H]3CN4CCC3CC4)c3ccccc3)c2)cc1. The fraction of sp³-hybridized carbons (Fsp3) is 0.356. The molecule has 12 heteroatoms. The summed E-state index contributed by atoms with van der Waals surface area (Å²) < 4.78 is 12.2. The second-order valence-corrected chi connectivity index (χ2v) is 14.9. The average molecular weight is 774 g/mol. The number of carbonyl (C=O) groups excluding carboxylic acids is 2. The monoisotopic (exact) mass is 773 g/mol. The highest BCUT2D eigenvalue weighted by molar-refractivity contribution is 5.94. The van der Waals surface area contributed by atoms with Gasteiger partial charge >= 0.3 is 6.09 Å². The van der Waals surface area contributed by atoms with Gasteiger partial charge in [-0.1, -0.05) is 60.7 Å². The lowest BCUT2D eigenvalue weighted by Gasteiger charge is -2.43. The number of rotatable bonds is 16. The summed E-state index contributed by atoms with van der Waals surface area (Å²) >= 11 is 0. The molecule has 5 aromatic rings. The normalized spacial score (nSPS) is 18.5. The molecule has 0 spiro atoms. The van der Waals surface area contributed by atoms with Crippen molar-refractivity contribution < 1.29 is 29.3 Å². The molecule has 3 fully saturated rings. The van der Waals surface area contributed by atoms with Crippen LogP contribution >= 0.6 is 0 Å². The number of aromatic amines is 1. The molecule has 3 aliphatic heterocycles. The number of ether oxygens (including phenoxy) is 2. The molecule has 57 heavy (non-hydrogen) atoms. The maximum Gasteiger partial charge on any atom is 0.408 e. The van der Waals surface area contributed by atoms with Crippen LogP contribution in [0.1, 0.15) is 70.9 Å². The van der Waals surface area contributed by atoms with E-state index in [-0.39, 0.29) is 29.9 Å². The van der Waals surface area contributed by atoms with Crippen LogP contribution in [0, 0.1) is 5.92 Å². The van der Waals surface area contributed by atoms with E-state index in [0.29, 0.717) is 66.4 Å². The van der Waals surface area contributed by atoms with Crippen molar-refractivity contribution in [2.24, 2.45) is 5.92 Å². The van der Waals surface area contributed by atoms with E-state index in [0.717, 1.165) is 49.2 Å². The Bertz CT molecular complexity index is 2190. The van der Waals surface area contributed by atoms with Crippen LogP contribution < -0.4 is 20.9 Å². The lowest BCUT2D eigenvalue weighted by molar-refractivity contribution is -0.0336. The molecule has 1 unspecified atom stereocenters. The van der Waals surface area contributed by atoms with Crippen LogP contribution in [0.2, 0.25) is 0 Å². The number of aliphatic hydroxyl groups excluding tert-OH is 1. The molecule has 3 aliphatic rings. The van der Waals surface area contributed by atoms with Crippen molar-refractivity contribution in [1.29, 1.82) is 0 Å². The zero-order chi connectivity index (χ0) is 39.7. The van der Waals surface area contributed by atoms with Crippen LogP contribution in [-0.2, 0) is 11.3 Å². The van der Waals surface area contributed by atoms with Crippen molar-refractivity contribution in [3.05, 3.63) is 141 Å². The van der Waals surface area contributed by atoms with E-state index in [4.69, 9.17) is 9.47 Å². The number of hydrogen-bond donors (Lipinski definition) is 5. The largest absolute Gasteiger partial charge is 0.506 e. The Hall–Kier alpha value is -5.69. The molecule has 3 saturated heterocycles. The Balaban J connectivity index is 0.894. The van der Waals surface area contributed by atoms with E-state index in [2.05, 4.69) is 20.5 Å². The van der Waals surface area contributed by atoms with E-state index < -0.39 is 18.2 Å². The van der Waals surface area contributed by atoms with Gasteiger partial charge in [0.1, 0.15) is 24.2 Å². The summed E-state index contributed by atoms with van der Waals surface area (Å²) in [6.45, 7) is 7.15. The van der Waals surface area contributed by atoms with Crippen LogP contribution in [-0.4, -0.2) is 88.9 Å². The van der Waals surface area contributed by atoms with Gasteiger partial charge in [0.15, 0.2) is 0 Å². The number of pyridine rings is 1. The molecule has 12 nitrogen and oxygen atoms in total. The Morgan fingerprint density at radius 2 is 1.72 bits per heavy atom. The van der Waals surface area contributed by atoms with E-state index in [1.54, 1.807) is 17.0 Å². The first-order chi connectivity index (χ1) is 27.7. The molecule has 8 rings (SSSR count). The molecular formula is C45H51N5O7. The summed E-state index contributed by atoms with van der Waals surface area (Å²) in [5.41, 5.74) is 3.88. The highest BCUT2D eigenvalue weighted by atomic mass is 16.6. The summed E-state index contributed by atoms with van der Waals surface area (Å²) in [6.07, 6.45) is 1.46. The maximum atomic E-state index is 13.4. The quantitative estimate of drug-likeness (QED) is 0.0772. The van der Waals surface area contributed by atoms with Crippen LogP contribution in [0.25, 0.3) is 10.9 Å². The minimum absolute atomic E-state index is 0.0534. The molecule has 4 heterocycles. The molecule has 4 aromatic carbocycles. The predicted octanol–water partition coefficient (Wildman–Crippen LogP) is 5.90. The second kappa shape index (κ2) is 18.5. The third-order valence-electron chi connectivity index (χ3n) is 11.1. The summed E-state index contributed by atoms with van der Waals surface area (Å²) in [6, 6.07) is 30.7. The number of aromatic nitrogens is 1. The van der Waals surface area contributed by atoms with Crippen LogP contribution in [0.4, 0.5) is 4.79 Å². The van der Waals surface area contributed by atoms with Gasteiger partial charge < -0.3 is 40.2 Å². The molecule has 0 radical (unpaired) electrons. The van der Waals surface area contributed by atoms with Gasteiger partial charge in [0, 0.05) is 43.2 Å². The highest BCUT2D eigenvalue weighted by Crippen LogP contribution is 2.31. The lowest BCUT2D eigenvalue weighted by Crippen LogP contribution is -2.52. The molecule has 2 amide bonds. The van der Waals surface area contributed by atoms with Gasteiger partial charge in [-0.15, -0.1) is 0 Å². The van der Waals surface area contributed by atoms with Crippen molar-refractivity contribution in [2.45, 2.75) is 51.0 Å². The van der Waals surface area contributed by atoms with Crippen LogP contribution in [0.3, 0.4) is 0 Å². The van der Waals surface area contributed by atoms with Gasteiger partial charge in [0.25, 0.3) is 5.91 Å². The third-order valence-corrected chi connectivity index (χ3v) is 11.1. The lowest BCUT2D eigenvalue weighted by atomic mass is 9.86. The topological polar surface area (TPSA) is 156 Å². The second-order valence-electron chi connectivity index (χ2n) is 14.9. The maximum absolute atomic E-state index is 13.4. The van der Waals surface area contributed by atoms with E-state index in [1.165, 1.54) is 12.1 Å². The fourth-order valence-electron chi connectivity index (χ4n) is 7.91. The minimum atomic E-state index is -0.854. The van der Waals surface area contributed by atoms with Crippen molar-refractivity contribution in [2.75, 3.05) is 45.8 Å². The van der Waals surface area contributed by atoms with Gasteiger partial charge in [0.05, 0.1) is 17.7 Å². The standard InChI is InChI=1S/C45H51N5O7/c1-2-50(23-7-22-46-27-39(52)36-16-18-38(51)43-37(36)17-19-41(53)47-43)44(54)33-14-12-30(13-15-33)29-56-35-11-6-10-34(26-35)42(32-8-4-3-5-9-32)48-45(55)57-40-28-49-24-20-31(40)21-25-49/h3-6,8-19,26,31,39-40,42,46,51-52H,2,7,20-25,27-29H2,1H3,(H,47,53)(H,48,55)/t39-,40+,42?/m1/s1. The molecule has 0 aliphatic carbocycles. The number of aromatic hydroxyl groups is 1. The van der Waals surface area contributed by atoms with Crippen molar-refractivity contribution in [1.82, 2.24) is 25.4 Å². The first kappa shape index (κ1) is 39.5. The number of nitrogens with zero attached hydrogens (tertiary/aromatic N) is 2. The number of piperidine rings is 3. The van der Waals surface area contributed by atoms with Gasteiger partial charge in [0.2, 0.25) is 5.56 Å².